The van der Waals surface area contributed by atoms with E-state index in [0.29, 0.717) is 0 Å². The molecule has 100 valence electrons. The molecule has 2 rings (SSSR count). The number of nitrogens with one attached hydrogen (secondary N) is 1. The van der Waals surface area contributed by atoms with Crippen LogP contribution in [0.5, 0.6) is 0 Å². The maximum absolute atomic E-state index is 11.3. The number of pyridine rings is 1. The average molecular weight is 274 g/mol. The van der Waals surface area contributed by atoms with E-state index in [4.69, 9.17) is 0 Å². The van der Waals surface area contributed by atoms with Gasteiger partial charge in [0.1, 0.15) is 0 Å². The number of rotatable bonds is 4. The fraction of sp³-hybridized carbons (Fsp3) is 0.267. The second-order valence-electron chi connectivity index (χ2n) is 4.51. The lowest BCUT2D eigenvalue weighted by atomic mass is 10.1. The van der Waals surface area contributed by atoms with E-state index < -0.39 is 0 Å². The van der Waals surface area contributed by atoms with Gasteiger partial charge >= 0.3 is 0 Å². The van der Waals surface area contributed by atoms with Gasteiger partial charge in [0.15, 0.2) is 0 Å². The number of anilines is 1. The molecule has 1 aromatic heterocycles. The zero-order chi connectivity index (χ0) is 13.8. The summed E-state index contributed by atoms with van der Waals surface area (Å²) < 4.78 is 1.58. The molecule has 1 atom stereocenters. The smallest absolute Gasteiger partial charge is 0.250 e. The fourth-order valence-corrected chi connectivity index (χ4v) is 2.31. The maximum atomic E-state index is 11.3. The summed E-state index contributed by atoms with van der Waals surface area (Å²) in [5.41, 5.74) is 2.18. The molecule has 4 heteroatoms. The van der Waals surface area contributed by atoms with Crippen LogP contribution in [0.3, 0.4) is 0 Å². The molecule has 0 aliphatic rings. The second-order valence-corrected chi connectivity index (χ2v) is 5.39. The second kappa shape index (κ2) is 5.97. The summed E-state index contributed by atoms with van der Waals surface area (Å²) in [6.45, 7) is 2.11. The Morgan fingerprint density at radius 2 is 1.84 bits per heavy atom. The molecule has 0 saturated heterocycles. The summed E-state index contributed by atoms with van der Waals surface area (Å²) in [4.78, 5) is 12.6. The van der Waals surface area contributed by atoms with Gasteiger partial charge in [-0.2, -0.15) is 0 Å². The van der Waals surface area contributed by atoms with E-state index in [-0.39, 0.29) is 11.6 Å². The first-order valence-corrected chi connectivity index (χ1v) is 7.40. The first kappa shape index (κ1) is 13.7. The minimum Gasteiger partial charge on any atom is -0.377 e. The van der Waals surface area contributed by atoms with Crippen LogP contribution in [0, 0.1) is 0 Å². The summed E-state index contributed by atoms with van der Waals surface area (Å²) in [6, 6.07) is 12.1. The SMILES string of the molecule is CSc1ccc(C(C)Nc2ccc(=O)n(C)c2)cc1. The monoisotopic (exact) mass is 274 g/mol. The fourth-order valence-electron chi connectivity index (χ4n) is 1.91. The standard InChI is InChI=1S/C15H18N2OS/c1-11(12-4-7-14(19-3)8-5-12)16-13-6-9-15(18)17(2)10-13/h4-11,16H,1-3H3. The molecule has 1 aromatic carbocycles. The van der Waals surface area contributed by atoms with Crippen molar-refractivity contribution in [1.82, 2.24) is 4.57 Å². The lowest BCUT2D eigenvalue weighted by molar-refractivity contribution is 0.839. The molecule has 0 fully saturated rings. The molecule has 1 unspecified atom stereocenters. The van der Waals surface area contributed by atoms with Gasteiger partial charge in [-0.25, -0.2) is 0 Å². The minimum absolute atomic E-state index is 0.00234. The number of hydrogen-bond donors (Lipinski definition) is 1. The van der Waals surface area contributed by atoms with E-state index in [0.717, 1.165) is 5.69 Å². The third-order valence-electron chi connectivity index (χ3n) is 3.08. The summed E-state index contributed by atoms with van der Waals surface area (Å²) in [5.74, 6) is 0. The van der Waals surface area contributed by atoms with Crippen molar-refractivity contribution in [1.29, 1.82) is 0 Å². The van der Waals surface area contributed by atoms with Crippen LogP contribution >= 0.6 is 11.8 Å². The van der Waals surface area contributed by atoms with Crippen molar-refractivity contribution in [3.05, 3.63) is 58.5 Å². The van der Waals surface area contributed by atoms with Gasteiger partial charge in [-0.1, -0.05) is 12.1 Å². The third kappa shape index (κ3) is 3.41. The highest BCUT2D eigenvalue weighted by Crippen LogP contribution is 2.21. The number of thioether (sulfide) groups is 1. The highest BCUT2D eigenvalue weighted by molar-refractivity contribution is 7.98. The van der Waals surface area contributed by atoms with E-state index >= 15 is 0 Å². The van der Waals surface area contributed by atoms with Crippen molar-refractivity contribution < 1.29 is 0 Å². The van der Waals surface area contributed by atoms with Gasteiger partial charge in [0.2, 0.25) is 5.56 Å². The van der Waals surface area contributed by atoms with Crippen LogP contribution in [0.2, 0.25) is 0 Å². The van der Waals surface area contributed by atoms with Gasteiger partial charge in [0.05, 0.1) is 5.69 Å². The Morgan fingerprint density at radius 3 is 2.42 bits per heavy atom. The predicted octanol–water partition coefficient (Wildman–Crippen LogP) is 3.28. The Hall–Kier alpha value is -1.68. The number of nitrogens with zero attached hydrogens (tertiary/aromatic N) is 1. The molecule has 1 heterocycles. The van der Waals surface area contributed by atoms with Crippen LogP contribution in [-0.4, -0.2) is 10.8 Å². The van der Waals surface area contributed by atoms with Crippen molar-refractivity contribution in [3.63, 3.8) is 0 Å². The summed E-state index contributed by atoms with van der Waals surface area (Å²) >= 11 is 1.74. The van der Waals surface area contributed by atoms with Crippen molar-refractivity contribution in [2.45, 2.75) is 17.9 Å². The minimum atomic E-state index is 0.00234. The highest BCUT2D eigenvalue weighted by atomic mass is 32.2. The van der Waals surface area contributed by atoms with E-state index in [1.165, 1.54) is 10.5 Å². The number of benzene rings is 1. The third-order valence-corrected chi connectivity index (χ3v) is 3.83. The molecule has 0 saturated carbocycles. The van der Waals surface area contributed by atoms with Crippen LogP contribution < -0.4 is 10.9 Å². The van der Waals surface area contributed by atoms with E-state index in [1.54, 1.807) is 29.4 Å². The van der Waals surface area contributed by atoms with Crippen LogP contribution in [-0.2, 0) is 7.05 Å². The van der Waals surface area contributed by atoms with E-state index in [9.17, 15) is 4.79 Å². The maximum Gasteiger partial charge on any atom is 0.250 e. The van der Waals surface area contributed by atoms with Gasteiger partial charge < -0.3 is 9.88 Å². The molecule has 19 heavy (non-hydrogen) atoms. The normalized spacial score (nSPS) is 12.2. The summed E-state index contributed by atoms with van der Waals surface area (Å²) in [7, 11) is 1.76. The molecular formula is C15H18N2OS. The Labute approximate surface area is 117 Å². The van der Waals surface area contributed by atoms with Gasteiger partial charge in [0.25, 0.3) is 0 Å². The lowest BCUT2D eigenvalue weighted by Crippen LogP contribution is -2.16. The van der Waals surface area contributed by atoms with Crippen LogP contribution in [0.4, 0.5) is 5.69 Å². The Bertz CT molecular complexity index is 604. The summed E-state index contributed by atoms with van der Waals surface area (Å²) in [6.07, 6.45) is 3.89. The molecular weight excluding hydrogens is 256 g/mol. The number of aryl methyl sites for hydroxylation is 1. The molecule has 0 spiro atoms. The largest absolute Gasteiger partial charge is 0.377 e. The number of hydrogen-bond acceptors (Lipinski definition) is 3. The van der Waals surface area contributed by atoms with Gasteiger partial charge in [-0.05, 0) is 36.9 Å². The molecule has 2 aromatic rings. The van der Waals surface area contributed by atoms with Gasteiger partial charge in [-0.3, -0.25) is 4.79 Å². The Morgan fingerprint density at radius 1 is 1.16 bits per heavy atom. The molecule has 1 N–H and O–H groups in total. The van der Waals surface area contributed by atoms with Crippen molar-refractivity contribution in [2.75, 3.05) is 11.6 Å². The van der Waals surface area contributed by atoms with E-state index in [2.05, 4.69) is 42.8 Å². The van der Waals surface area contributed by atoms with Crippen molar-refractivity contribution in [3.8, 4) is 0 Å². The van der Waals surface area contributed by atoms with E-state index in [1.807, 2.05) is 12.3 Å². The highest BCUT2D eigenvalue weighted by Gasteiger charge is 2.05. The topological polar surface area (TPSA) is 34.0 Å². The average Bonchev–Trinajstić information content (AvgIpc) is 2.43. The molecule has 0 aliphatic heterocycles. The van der Waals surface area contributed by atoms with Gasteiger partial charge in [-0.15, -0.1) is 11.8 Å². The van der Waals surface area contributed by atoms with Crippen molar-refractivity contribution in [2.24, 2.45) is 7.05 Å². The lowest BCUT2D eigenvalue weighted by Gasteiger charge is -2.16. The molecule has 0 amide bonds. The zero-order valence-corrected chi connectivity index (χ0v) is 12.2. The first-order valence-electron chi connectivity index (χ1n) is 6.17. The van der Waals surface area contributed by atoms with Gasteiger partial charge in [0, 0.05) is 30.2 Å². The molecule has 3 nitrogen and oxygen atoms in total. The first-order chi connectivity index (χ1) is 9.10. The molecule has 0 bridgehead atoms. The molecule has 0 aliphatic carbocycles. The Balaban J connectivity index is 2.13. The quantitative estimate of drug-likeness (QED) is 0.869. The van der Waals surface area contributed by atoms with Crippen LogP contribution in [0.15, 0.2) is 52.3 Å². The molecule has 0 radical (unpaired) electrons. The van der Waals surface area contributed by atoms with Crippen molar-refractivity contribution >= 4 is 17.4 Å². The Kier molecular flexibility index (Phi) is 4.32. The zero-order valence-electron chi connectivity index (χ0n) is 11.4. The predicted molar refractivity (Wildman–Crippen MR) is 81.9 cm³/mol. The summed E-state index contributed by atoms with van der Waals surface area (Å²) in [5, 5.41) is 3.40. The van der Waals surface area contributed by atoms with Crippen LogP contribution in [0.25, 0.3) is 0 Å². The number of aromatic nitrogens is 1. The van der Waals surface area contributed by atoms with Crippen LogP contribution in [0.1, 0.15) is 18.5 Å².